The summed E-state index contributed by atoms with van der Waals surface area (Å²) in [6, 6.07) is 13.4. The molecule has 36 heavy (non-hydrogen) atoms. The number of benzene rings is 2. The molecule has 1 atom stereocenters. The third-order valence-electron chi connectivity index (χ3n) is 7.07. The average Bonchev–Trinajstić information content (AvgIpc) is 3.20. The van der Waals surface area contributed by atoms with E-state index in [1.165, 1.54) is 6.26 Å². The van der Waals surface area contributed by atoms with Gasteiger partial charge in [0.05, 0.1) is 35.1 Å². The van der Waals surface area contributed by atoms with Crippen molar-refractivity contribution in [3.05, 3.63) is 53.2 Å². The van der Waals surface area contributed by atoms with Crippen LogP contribution in [0.5, 0.6) is 11.5 Å². The Kier molecular flexibility index (Phi) is 6.20. The second-order valence-corrected chi connectivity index (χ2v) is 12.3. The number of aromatic nitrogens is 1. The van der Waals surface area contributed by atoms with E-state index < -0.39 is 16.1 Å². The first-order valence-corrected chi connectivity index (χ1v) is 14.1. The SMILES string of the molecule is CCC(O)COc1c(Cl)cc(-n2ccc3cc(OCC45CC(NS(C)(=O)=O)(C4)C5)ccc32)cc1C#N. The molecule has 190 valence electrons. The Balaban J connectivity index is 1.29. The Bertz CT molecular complexity index is 1460. The van der Waals surface area contributed by atoms with Crippen molar-refractivity contribution in [3.63, 3.8) is 0 Å². The van der Waals surface area contributed by atoms with Gasteiger partial charge in [0.15, 0.2) is 5.75 Å². The lowest BCUT2D eigenvalue weighted by molar-refractivity contribution is -0.162. The maximum absolute atomic E-state index is 11.5. The number of ether oxygens (including phenoxy) is 2. The summed E-state index contributed by atoms with van der Waals surface area (Å²) < 4.78 is 39.5. The van der Waals surface area contributed by atoms with Crippen LogP contribution in [0.1, 0.15) is 38.2 Å². The van der Waals surface area contributed by atoms with Gasteiger partial charge in [-0.2, -0.15) is 5.26 Å². The molecule has 1 aromatic heterocycles. The molecule has 0 radical (unpaired) electrons. The first-order valence-electron chi connectivity index (χ1n) is 11.8. The van der Waals surface area contributed by atoms with E-state index in [0.29, 0.717) is 23.6 Å². The fourth-order valence-electron chi connectivity index (χ4n) is 5.57. The average molecular weight is 530 g/mol. The van der Waals surface area contributed by atoms with Crippen molar-refractivity contribution >= 4 is 32.5 Å². The van der Waals surface area contributed by atoms with Gasteiger partial charge in [0.1, 0.15) is 18.4 Å². The van der Waals surface area contributed by atoms with Crippen LogP contribution in [-0.2, 0) is 10.0 Å². The Hall–Kier alpha value is -2.77. The minimum absolute atomic E-state index is 0.0556. The predicted molar refractivity (Wildman–Crippen MR) is 137 cm³/mol. The molecule has 2 bridgehead atoms. The first-order chi connectivity index (χ1) is 17.0. The smallest absolute Gasteiger partial charge is 0.209 e. The lowest BCUT2D eigenvalue weighted by Gasteiger charge is -2.69. The lowest BCUT2D eigenvalue weighted by Crippen LogP contribution is -2.76. The van der Waals surface area contributed by atoms with Crippen molar-refractivity contribution < 1.29 is 23.0 Å². The number of rotatable bonds is 10. The molecule has 1 heterocycles. The number of halogens is 1. The zero-order chi connectivity index (χ0) is 25.7. The molecule has 8 nitrogen and oxygen atoms in total. The van der Waals surface area contributed by atoms with Crippen molar-refractivity contribution in [1.29, 1.82) is 5.26 Å². The van der Waals surface area contributed by atoms with Gasteiger partial charge in [-0.15, -0.1) is 0 Å². The largest absolute Gasteiger partial charge is 0.493 e. The summed E-state index contributed by atoms with van der Waals surface area (Å²) >= 11 is 6.46. The maximum Gasteiger partial charge on any atom is 0.209 e. The zero-order valence-electron chi connectivity index (χ0n) is 20.1. The Morgan fingerprint density at radius 3 is 2.64 bits per heavy atom. The van der Waals surface area contributed by atoms with Gasteiger partial charge < -0.3 is 19.1 Å². The minimum Gasteiger partial charge on any atom is -0.493 e. The summed E-state index contributed by atoms with van der Waals surface area (Å²) in [4.78, 5) is 0. The third kappa shape index (κ3) is 4.66. The molecule has 10 heteroatoms. The van der Waals surface area contributed by atoms with Gasteiger partial charge in [-0.1, -0.05) is 18.5 Å². The molecule has 3 aliphatic rings. The van der Waals surface area contributed by atoms with E-state index in [1.807, 2.05) is 42.0 Å². The number of aliphatic hydroxyl groups excluding tert-OH is 1. The molecule has 0 aliphatic heterocycles. The molecule has 0 saturated heterocycles. The second-order valence-electron chi connectivity index (χ2n) is 10.2. The highest BCUT2D eigenvalue weighted by atomic mass is 35.5. The fraction of sp³-hybridized carbons (Fsp3) is 0.423. The summed E-state index contributed by atoms with van der Waals surface area (Å²) in [7, 11) is -3.20. The van der Waals surface area contributed by atoms with Crippen LogP contribution in [0.3, 0.4) is 0 Å². The number of fused-ring (bicyclic) bond motifs is 1. The molecule has 3 aliphatic carbocycles. The van der Waals surface area contributed by atoms with Gasteiger partial charge in [-0.3, -0.25) is 0 Å². The second kappa shape index (κ2) is 8.96. The molecule has 2 N–H and O–H groups in total. The highest BCUT2D eigenvalue weighted by molar-refractivity contribution is 7.88. The minimum atomic E-state index is -3.20. The van der Waals surface area contributed by atoms with Crippen molar-refractivity contribution in [3.8, 4) is 23.3 Å². The van der Waals surface area contributed by atoms with Crippen molar-refractivity contribution in [1.82, 2.24) is 9.29 Å². The molecule has 6 rings (SSSR count). The highest BCUT2D eigenvalue weighted by Gasteiger charge is 2.69. The van der Waals surface area contributed by atoms with Crippen LogP contribution in [0.25, 0.3) is 16.6 Å². The normalized spacial score (nSPS) is 23.4. The van der Waals surface area contributed by atoms with E-state index >= 15 is 0 Å². The molecule has 2 aromatic carbocycles. The van der Waals surface area contributed by atoms with E-state index in [2.05, 4.69) is 10.8 Å². The van der Waals surface area contributed by atoms with Crippen molar-refractivity contribution in [2.75, 3.05) is 19.5 Å². The highest BCUT2D eigenvalue weighted by Crippen LogP contribution is 2.67. The topological polar surface area (TPSA) is 114 Å². The summed E-state index contributed by atoms with van der Waals surface area (Å²) in [5.74, 6) is 1.02. The monoisotopic (exact) mass is 529 g/mol. The Labute approximate surface area is 215 Å². The van der Waals surface area contributed by atoms with Gasteiger partial charge in [-0.25, -0.2) is 13.1 Å². The van der Waals surface area contributed by atoms with Crippen LogP contribution in [0, 0.1) is 16.7 Å². The number of aliphatic hydroxyl groups is 1. The molecule has 3 saturated carbocycles. The van der Waals surface area contributed by atoms with Gasteiger partial charge in [-0.05, 0) is 62.1 Å². The van der Waals surface area contributed by atoms with Crippen molar-refractivity contribution in [2.24, 2.45) is 5.41 Å². The molecule has 3 fully saturated rings. The van der Waals surface area contributed by atoms with E-state index in [4.69, 9.17) is 21.1 Å². The maximum atomic E-state index is 11.5. The summed E-state index contributed by atoms with van der Waals surface area (Å²) in [5, 5.41) is 20.7. The number of nitrogens with one attached hydrogen (secondary N) is 1. The van der Waals surface area contributed by atoms with Crippen molar-refractivity contribution in [2.45, 2.75) is 44.2 Å². The number of hydrogen-bond acceptors (Lipinski definition) is 6. The summed E-state index contributed by atoms with van der Waals surface area (Å²) in [6.07, 6.45) is 5.46. The molecule has 1 unspecified atom stereocenters. The quantitative estimate of drug-likeness (QED) is 0.408. The fourth-order valence-corrected chi connectivity index (χ4v) is 6.84. The van der Waals surface area contributed by atoms with Crippen LogP contribution < -0.4 is 14.2 Å². The van der Waals surface area contributed by atoms with Crippen LogP contribution in [-0.4, -0.2) is 49.2 Å². The Morgan fingerprint density at radius 2 is 1.97 bits per heavy atom. The number of nitrogens with zero attached hydrogens (tertiary/aromatic N) is 2. The molecule has 0 spiro atoms. The van der Waals surface area contributed by atoms with Gasteiger partial charge >= 0.3 is 0 Å². The summed E-state index contributed by atoms with van der Waals surface area (Å²) in [5.41, 5.74) is 1.74. The lowest BCUT2D eigenvalue weighted by atomic mass is 9.40. The first kappa shape index (κ1) is 24.9. The molecule has 3 aromatic rings. The van der Waals surface area contributed by atoms with E-state index in [1.54, 1.807) is 12.1 Å². The van der Waals surface area contributed by atoms with Gasteiger partial charge in [0.2, 0.25) is 10.0 Å². The molecular weight excluding hydrogens is 502 g/mol. The molecular formula is C26H28ClN3O5S. The van der Waals surface area contributed by atoms with Crippen LogP contribution in [0.15, 0.2) is 42.6 Å². The zero-order valence-corrected chi connectivity index (χ0v) is 21.7. The van der Waals surface area contributed by atoms with E-state index in [9.17, 15) is 18.8 Å². The van der Waals surface area contributed by atoms with Crippen LogP contribution >= 0.6 is 11.6 Å². The summed E-state index contributed by atoms with van der Waals surface area (Å²) in [6.45, 7) is 2.47. The number of hydrogen-bond donors (Lipinski definition) is 2. The third-order valence-corrected chi connectivity index (χ3v) is 8.15. The van der Waals surface area contributed by atoms with Gasteiger partial charge in [0, 0.05) is 28.2 Å². The number of nitriles is 1. The molecule has 0 amide bonds. The number of sulfonamides is 1. The van der Waals surface area contributed by atoms with Crippen LogP contribution in [0.2, 0.25) is 5.02 Å². The van der Waals surface area contributed by atoms with E-state index in [-0.39, 0.29) is 23.3 Å². The predicted octanol–water partition coefficient (Wildman–Crippen LogP) is 4.16. The Morgan fingerprint density at radius 1 is 1.22 bits per heavy atom. The van der Waals surface area contributed by atoms with Gasteiger partial charge in [0.25, 0.3) is 0 Å². The standard InChI is InChI=1S/C26H28ClN3O5S/c1-3-20(31)12-34-24-18(11-28)8-19(10-22(24)27)30-7-6-17-9-21(4-5-23(17)30)35-16-25-13-26(14-25,15-25)29-36(2,32)33/h4-10,20,29,31H,3,12-16H2,1-2H3. The van der Waals surface area contributed by atoms with E-state index in [0.717, 1.165) is 41.6 Å². The van der Waals surface area contributed by atoms with Crippen LogP contribution in [0.4, 0.5) is 0 Å².